The van der Waals surface area contributed by atoms with Gasteiger partial charge in [0.15, 0.2) is 11.5 Å². The summed E-state index contributed by atoms with van der Waals surface area (Å²) in [6.07, 6.45) is 0. The quantitative estimate of drug-likeness (QED) is 0.866. The third-order valence-electron chi connectivity index (χ3n) is 3.21. The van der Waals surface area contributed by atoms with Crippen LogP contribution >= 0.6 is 0 Å². The molecule has 0 radical (unpaired) electrons. The van der Waals surface area contributed by atoms with Crippen LogP contribution in [0.2, 0.25) is 0 Å². The molecule has 0 aliphatic heterocycles. The Balaban J connectivity index is 2.15. The van der Waals surface area contributed by atoms with Crippen molar-refractivity contribution in [2.75, 3.05) is 19.0 Å². The lowest BCUT2D eigenvalue weighted by molar-refractivity contribution is 0.309. The predicted molar refractivity (Wildman–Crippen MR) is 82.6 cm³/mol. The van der Waals surface area contributed by atoms with Crippen LogP contribution in [0.4, 0.5) is 10.1 Å². The number of ether oxygens (including phenoxy) is 2. The molecule has 4 heteroatoms. The second-order valence-corrected chi connectivity index (χ2v) is 4.70. The van der Waals surface area contributed by atoms with Crippen LogP contribution in [0.1, 0.15) is 18.1 Å². The van der Waals surface area contributed by atoms with Crippen LogP contribution in [0.3, 0.4) is 0 Å². The fourth-order valence-electron chi connectivity index (χ4n) is 2.15. The number of nitrogens with one attached hydrogen (secondary N) is 1. The third-order valence-corrected chi connectivity index (χ3v) is 3.21. The topological polar surface area (TPSA) is 30.5 Å². The highest BCUT2D eigenvalue weighted by atomic mass is 19.1. The number of para-hydroxylation sites is 1. The summed E-state index contributed by atoms with van der Waals surface area (Å²) in [4.78, 5) is 0. The maximum atomic E-state index is 13.3. The Morgan fingerprint density at radius 3 is 2.67 bits per heavy atom. The van der Waals surface area contributed by atoms with E-state index in [4.69, 9.17) is 9.47 Å². The van der Waals surface area contributed by atoms with E-state index >= 15 is 0 Å². The van der Waals surface area contributed by atoms with Crippen molar-refractivity contribution in [2.45, 2.75) is 20.4 Å². The number of rotatable bonds is 6. The largest absolute Gasteiger partial charge is 0.493 e. The average Bonchev–Trinajstić information content (AvgIpc) is 2.49. The Morgan fingerprint density at radius 1 is 1.19 bits per heavy atom. The molecular weight excluding hydrogens is 269 g/mol. The SMILES string of the molecule is CCOc1cccc(CNc2ccc(F)c(C)c2)c1OC. The molecule has 2 rings (SSSR count). The number of hydrogen-bond donors (Lipinski definition) is 1. The van der Waals surface area contributed by atoms with E-state index in [2.05, 4.69) is 5.32 Å². The van der Waals surface area contributed by atoms with E-state index in [0.29, 0.717) is 18.7 Å². The summed E-state index contributed by atoms with van der Waals surface area (Å²) in [5.74, 6) is 1.26. The maximum Gasteiger partial charge on any atom is 0.165 e. The van der Waals surface area contributed by atoms with E-state index in [1.54, 1.807) is 26.2 Å². The zero-order chi connectivity index (χ0) is 15.2. The van der Waals surface area contributed by atoms with Crippen molar-refractivity contribution < 1.29 is 13.9 Å². The first kappa shape index (κ1) is 15.2. The van der Waals surface area contributed by atoms with Crippen LogP contribution in [0, 0.1) is 12.7 Å². The van der Waals surface area contributed by atoms with E-state index in [0.717, 1.165) is 22.7 Å². The molecule has 112 valence electrons. The number of aryl methyl sites for hydroxylation is 1. The van der Waals surface area contributed by atoms with Crippen molar-refractivity contribution in [3.05, 3.63) is 53.3 Å². The molecular formula is C17H20FNO2. The van der Waals surface area contributed by atoms with E-state index < -0.39 is 0 Å². The lowest BCUT2D eigenvalue weighted by Gasteiger charge is -2.15. The molecule has 0 heterocycles. The summed E-state index contributed by atoms with van der Waals surface area (Å²) in [5.41, 5.74) is 2.48. The Bertz CT molecular complexity index is 614. The minimum absolute atomic E-state index is 0.198. The first-order valence-corrected chi connectivity index (χ1v) is 6.94. The normalized spacial score (nSPS) is 10.3. The van der Waals surface area contributed by atoms with Gasteiger partial charge in [-0.2, -0.15) is 0 Å². The van der Waals surface area contributed by atoms with Crippen molar-refractivity contribution in [3.63, 3.8) is 0 Å². The molecule has 3 nitrogen and oxygen atoms in total. The number of benzene rings is 2. The number of halogens is 1. The van der Waals surface area contributed by atoms with Crippen LogP contribution in [0.5, 0.6) is 11.5 Å². The maximum absolute atomic E-state index is 13.3. The molecule has 0 unspecified atom stereocenters. The molecule has 0 aliphatic rings. The molecule has 1 N–H and O–H groups in total. The molecule has 0 spiro atoms. The summed E-state index contributed by atoms with van der Waals surface area (Å²) in [6, 6.07) is 10.8. The molecule has 21 heavy (non-hydrogen) atoms. The number of anilines is 1. The molecule has 0 fully saturated rings. The minimum atomic E-state index is -0.198. The summed E-state index contributed by atoms with van der Waals surface area (Å²) < 4.78 is 24.2. The molecule has 2 aromatic carbocycles. The fraction of sp³-hybridized carbons (Fsp3) is 0.294. The van der Waals surface area contributed by atoms with E-state index in [9.17, 15) is 4.39 Å². The second kappa shape index (κ2) is 6.97. The fourth-order valence-corrected chi connectivity index (χ4v) is 2.15. The first-order chi connectivity index (χ1) is 10.2. The molecule has 0 aliphatic carbocycles. The molecule has 0 amide bonds. The van der Waals surface area contributed by atoms with Gasteiger partial charge >= 0.3 is 0 Å². The predicted octanol–water partition coefficient (Wildman–Crippen LogP) is 4.15. The summed E-state index contributed by atoms with van der Waals surface area (Å²) in [5, 5.41) is 3.27. The highest BCUT2D eigenvalue weighted by Gasteiger charge is 2.09. The number of hydrogen-bond acceptors (Lipinski definition) is 3. The van der Waals surface area contributed by atoms with Gasteiger partial charge in [-0.1, -0.05) is 12.1 Å². The van der Waals surface area contributed by atoms with Gasteiger partial charge in [0.2, 0.25) is 0 Å². The van der Waals surface area contributed by atoms with E-state index in [-0.39, 0.29) is 5.82 Å². The van der Waals surface area contributed by atoms with Gasteiger partial charge < -0.3 is 14.8 Å². The van der Waals surface area contributed by atoms with Gasteiger partial charge in [-0.25, -0.2) is 4.39 Å². The standard InChI is InChI=1S/C17H20FNO2/c1-4-21-16-7-5-6-13(17(16)20-3)11-19-14-8-9-15(18)12(2)10-14/h5-10,19H,4,11H2,1-3H3. The second-order valence-electron chi connectivity index (χ2n) is 4.70. The van der Waals surface area contributed by atoms with Crippen LogP contribution < -0.4 is 14.8 Å². The van der Waals surface area contributed by atoms with Crippen molar-refractivity contribution >= 4 is 5.69 Å². The molecule has 0 bridgehead atoms. The van der Waals surface area contributed by atoms with Crippen LogP contribution in [0.25, 0.3) is 0 Å². The van der Waals surface area contributed by atoms with Crippen molar-refractivity contribution in [2.24, 2.45) is 0 Å². The van der Waals surface area contributed by atoms with Crippen molar-refractivity contribution in [3.8, 4) is 11.5 Å². The Morgan fingerprint density at radius 2 is 2.00 bits per heavy atom. The van der Waals surface area contributed by atoms with Gasteiger partial charge in [-0.3, -0.25) is 0 Å². The Hall–Kier alpha value is -2.23. The van der Waals surface area contributed by atoms with Crippen molar-refractivity contribution in [1.29, 1.82) is 0 Å². The molecule has 0 atom stereocenters. The van der Waals surface area contributed by atoms with Gasteiger partial charge in [0.25, 0.3) is 0 Å². The van der Waals surface area contributed by atoms with Gasteiger partial charge in [-0.05, 0) is 43.7 Å². The highest BCUT2D eigenvalue weighted by Crippen LogP contribution is 2.31. The smallest absolute Gasteiger partial charge is 0.165 e. The molecule has 0 saturated carbocycles. The van der Waals surface area contributed by atoms with E-state index in [1.165, 1.54) is 6.07 Å². The van der Waals surface area contributed by atoms with Gasteiger partial charge in [0.05, 0.1) is 13.7 Å². The number of methoxy groups -OCH3 is 1. The summed E-state index contributed by atoms with van der Waals surface area (Å²) >= 11 is 0. The first-order valence-electron chi connectivity index (χ1n) is 6.94. The average molecular weight is 289 g/mol. The van der Waals surface area contributed by atoms with Gasteiger partial charge in [0, 0.05) is 17.8 Å². The van der Waals surface area contributed by atoms with Crippen LogP contribution in [-0.2, 0) is 6.54 Å². The molecule has 0 aromatic heterocycles. The van der Waals surface area contributed by atoms with E-state index in [1.807, 2.05) is 25.1 Å². The summed E-state index contributed by atoms with van der Waals surface area (Å²) in [7, 11) is 1.63. The Kier molecular flexibility index (Phi) is 5.04. The molecule has 2 aromatic rings. The van der Waals surface area contributed by atoms with Crippen LogP contribution in [-0.4, -0.2) is 13.7 Å². The zero-order valence-corrected chi connectivity index (χ0v) is 12.6. The molecule has 0 saturated heterocycles. The van der Waals surface area contributed by atoms with Crippen LogP contribution in [0.15, 0.2) is 36.4 Å². The third kappa shape index (κ3) is 3.66. The lowest BCUT2D eigenvalue weighted by Crippen LogP contribution is -2.04. The summed E-state index contributed by atoms with van der Waals surface area (Å²) in [6.45, 7) is 4.85. The van der Waals surface area contributed by atoms with Gasteiger partial charge in [0.1, 0.15) is 5.82 Å². The highest BCUT2D eigenvalue weighted by molar-refractivity contribution is 5.51. The van der Waals surface area contributed by atoms with Gasteiger partial charge in [-0.15, -0.1) is 0 Å². The lowest BCUT2D eigenvalue weighted by atomic mass is 10.1. The van der Waals surface area contributed by atoms with Crippen molar-refractivity contribution in [1.82, 2.24) is 0 Å². The minimum Gasteiger partial charge on any atom is -0.493 e. The monoisotopic (exact) mass is 289 g/mol. The zero-order valence-electron chi connectivity index (χ0n) is 12.6. The Labute approximate surface area is 124 Å².